The summed E-state index contributed by atoms with van der Waals surface area (Å²) in [6, 6.07) is 3.71. The van der Waals surface area contributed by atoms with Crippen molar-refractivity contribution in [1.82, 2.24) is 0 Å². The number of ether oxygens (including phenoxy) is 2. The van der Waals surface area contributed by atoms with Gasteiger partial charge in [-0.15, -0.1) is 0 Å². The molecule has 0 saturated carbocycles. The first kappa shape index (κ1) is 9.39. The zero-order chi connectivity index (χ0) is 9.14. The van der Waals surface area contributed by atoms with Crippen molar-refractivity contribution in [1.29, 1.82) is 0 Å². The van der Waals surface area contributed by atoms with Crippen molar-refractivity contribution >= 4 is 15.9 Å². The molecule has 0 unspecified atom stereocenters. The predicted octanol–water partition coefficient (Wildman–Crippen LogP) is 2.65. The van der Waals surface area contributed by atoms with E-state index in [0.29, 0.717) is 5.75 Å². The number of rotatable bonds is 2. The van der Waals surface area contributed by atoms with Gasteiger partial charge in [-0.3, -0.25) is 0 Å². The lowest BCUT2D eigenvalue weighted by Crippen LogP contribution is -1.92. The molecule has 0 saturated heterocycles. The molecule has 1 aromatic carbocycles. The first-order valence-corrected chi connectivity index (χ1v) is 4.22. The third kappa shape index (κ3) is 1.55. The van der Waals surface area contributed by atoms with E-state index in [1.54, 1.807) is 14.2 Å². The van der Waals surface area contributed by atoms with Gasteiger partial charge in [0.15, 0.2) is 0 Å². The van der Waals surface area contributed by atoms with Crippen LogP contribution in [-0.4, -0.2) is 14.2 Å². The highest BCUT2D eigenvalue weighted by atomic mass is 79.9. The third-order valence-electron chi connectivity index (χ3n) is 1.59. The molecule has 0 aliphatic rings. The van der Waals surface area contributed by atoms with E-state index in [9.17, 15) is 0 Å². The Morgan fingerprint density at radius 2 is 1.92 bits per heavy atom. The number of hydrogen-bond donors (Lipinski definition) is 0. The molecule has 65 valence electrons. The van der Waals surface area contributed by atoms with Crippen molar-refractivity contribution in [2.24, 2.45) is 0 Å². The standard InChI is InChI=1S/C9H10BrO2/c1-6-8(11-2)5-4-7(10)9(6)12-3/h4-5H,1H2,2-3H3. The van der Waals surface area contributed by atoms with Gasteiger partial charge in [-0.1, -0.05) is 0 Å². The maximum Gasteiger partial charge on any atom is 0.139 e. The molecule has 2 nitrogen and oxygen atoms in total. The average molecular weight is 230 g/mol. The van der Waals surface area contributed by atoms with E-state index < -0.39 is 0 Å². The van der Waals surface area contributed by atoms with Crippen LogP contribution in [0.5, 0.6) is 11.5 Å². The fourth-order valence-electron chi connectivity index (χ4n) is 0.993. The summed E-state index contributed by atoms with van der Waals surface area (Å²) in [7, 11) is 3.21. The van der Waals surface area contributed by atoms with Crippen molar-refractivity contribution in [3.63, 3.8) is 0 Å². The van der Waals surface area contributed by atoms with E-state index in [4.69, 9.17) is 9.47 Å². The fourth-order valence-corrected chi connectivity index (χ4v) is 1.53. The largest absolute Gasteiger partial charge is 0.496 e. The highest BCUT2D eigenvalue weighted by molar-refractivity contribution is 9.10. The molecule has 1 aromatic rings. The lowest BCUT2D eigenvalue weighted by Gasteiger charge is -2.10. The lowest BCUT2D eigenvalue weighted by molar-refractivity contribution is 0.389. The number of hydrogen-bond acceptors (Lipinski definition) is 2. The zero-order valence-corrected chi connectivity index (χ0v) is 8.64. The van der Waals surface area contributed by atoms with Crippen molar-refractivity contribution in [3.05, 3.63) is 29.1 Å². The molecule has 0 aromatic heterocycles. The predicted molar refractivity (Wildman–Crippen MR) is 51.7 cm³/mol. The fraction of sp³-hybridized carbons (Fsp3) is 0.222. The van der Waals surface area contributed by atoms with Crippen molar-refractivity contribution < 1.29 is 9.47 Å². The highest BCUT2D eigenvalue weighted by Gasteiger charge is 2.08. The van der Waals surface area contributed by atoms with Gasteiger partial charge >= 0.3 is 0 Å². The Labute approximate surface area is 80.6 Å². The molecule has 12 heavy (non-hydrogen) atoms. The molecule has 1 rings (SSSR count). The summed E-state index contributed by atoms with van der Waals surface area (Å²) in [5, 5.41) is 0. The summed E-state index contributed by atoms with van der Waals surface area (Å²) in [4.78, 5) is 0. The van der Waals surface area contributed by atoms with Crippen LogP contribution in [0.15, 0.2) is 16.6 Å². The Kier molecular flexibility index (Phi) is 2.98. The lowest BCUT2D eigenvalue weighted by atomic mass is 10.2. The molecule has 0 N–H and O–H groups in total. The van der Waals surface area contributed by atoms with Crippen molar-refractivity contribution in [3.8, 4) is 11.5 Å². The van der Waals surface area contributed by atoms with Gasteiger partial charge in [-0.25, -0.2) is 0 Å². The molecule has 0 aliphatic carbocycles. The first-order chi connectivity index (χ1) is 5.70. The highest BCUT2D eigenvalue weighted by Crippen LogP contribution is 2.34. The van der Waals surface area contributed by atoms with E-state index in [0.717, 1.165) is 15.8 Å². The van der Waals surface area contributed by atoms with Crippen LogP contribution in [0.4, 0.5) is 0 Å². The molecule has 3 heteroatoms. The quantitative estimate of drug-likeness (QED) is 0.777. The molecule has 1 radical (unpaired) electrons. The minimum atomic E-state index is 0.717. The minimum absolute atomic E-state index is 0.717. The van der Waals surface area contributed by atoms with E-state index in [2.05, 4.69) is 22.9 Å². The molecular weight excluding hydrogens is 220 g/mol. The summed E-state index contributed by atoms with van der Waals surface area (Å²) in [6.07, 6.45) is 0. The smallest absolute Gasteiger partial charge is 0.139 e. The molecule has 0 fully saturated rings. The summed E-state index contributed by atoms with van der Waals surface area (Å²) in [5.41, 5.74) is 0.759. The molecule has 0 atom stereocenters. The number of methoxy groups -OCH3 is 2. The Balaban J connectivity index is 3.24. The van der Waals surface area contributed by atoms with E-state index >= 15 is 0 Å². The first-order valence-electron chi connectivity index (χ1n) is 3.43. The van der Waals surface area contributed by atoms with Crippen LogP contribution in [0, 0.1) is 6.92 Å². The van der Waals surface area contributed by atoms with Crippen LogP contribution in [0.2, 0.25) is 0 Å². The third-order valence-corrected chi connectivity index (χ3v) is 2.22. The van der Waals surface area contributed by atoms with Gasteiger partial charge < -0.3 is 9.47 Å². The van der Waals surface area contributed by atoms with Crippen LogP contribution in [0.25, 0.3) is 0 Å². The Morgan fingerprint density at radius 1 is 1.25 bits per heavy atom. The van der Waals surface area contributed by atoms with Gasteiger partial charge in [0.05, 0.1) is 18.7 Å². The van der Waals surface area contributed by atoms with Crippen molar-refractivity contribution in [2.45, 2.75) is 0 Å². The van der Waals surface area contributed by atoms with Crippen LogP contribution in [0.1, 0.15) is 5.56 Å². The zero-order valence-electron chi connectivity index (χ0n) is 7.06. The summed E-state index contributed by atoms with van der Waals surface area (Å²) < 4.78 is 11.1. The summed E-state index contributed by atoms with van der Waals surface area (Å²) >= 11 is 3.35. The Morgan fingerprint density at radius 3 is 2.42 bits per heavy atom. The number of benzene rings is 1. The Hall–Kier alpha value is -0.700. The maximum atomic E-state index is 5.13. The van der Waals surface area contributed by atoms with Gasteiger partial charge in [0.25, 0.3) is 0 Å². The monoisotopic (exact) mass is 229 g/mol. The van der Waals surface area contributed by atoms with Crippen LogP contribution >= 0.6 is 15.9 Å². The minimum Gasteiger partial charge on any atom is -0.496 e. The van der Waals surface area contributed by atoms with E-state index in [1.165, 1.54) is 0 Å². The van der Waals surface area contributed by atoms with Crippen LogP contribution < -0.4 is 9.47 Å². The summed E-state index contributed by atoms with van der Waals surface area (Å²) in [5.74, 6) is 1.45. The average Bonchev–Trinajstić information content (AvgIpc) is 2.06. The van der Waals surface area contributed by atoms with Gasteiger partial charge in [-0.2, -0.15) is 0 Å². The molecule has 0 aliphatic heterocycles. The van der Waals surface area contributed by atoms with Crippen molar-refractivity contribution in [2.75, 3.05) is 14.2 Å². The molecule has 0 heterocycles. The second kappa shape index (κ2) is 3.81. The SMILES string of the molecule is [CH2]c1c(OC)ccc(Br)c1OC. The van der Waals surface area contributed by atoms with E-state index in [-0.39, 0.29) is 0 Å². The maximum absolute atomic E-state index is 5.13. The normalized spacial score (nSPS) is 9.67. The van der Waals surface area contributed by atoms with E-state index in [1.807, 2.05) is 12.1 Å². The molecule has 0 amide bonds. The van der Waals surface area contributed by atoms with Gasteiger partial charge in [0, 0.05) is 5.56 Å². The van der Waals surface area contributed by atoms with Gasteiger partial charge in [0.1, 0.15) is 11.5 Å². The topological polar surface area (TPSA) is 18.5 Å². The Bertz CT molecular complexity index is 284. The molecule has 0 bridgehead atoms. The van der Waals surface area contributed by atoms with Gasteiger partial charge in [0.2, 0.25) is 0 Å². The number of halogens is 1. The van der Waals surface area contributed by atoms with Gasteiger partial charge in [-0.05, 0) is 35.0 Å². The van der Waals surface area contributed by atoms with Crippen LogP contribution in [-0.2, 0) is 0 Å². The summed E-state index contributed by atoms with van der Waals surface area (Å²) in [6.45, 7) is 3.84. The molecular formula is C9H10BrO2. The second-order valence-corrected chi connectivity index (χ2v) is 3.12. The second-order valence-electron chi connectivity index (χ2n) is 2.26. The molecule has 0 spiro atoms. The van der Waals surface area contributed by atoms with Crippen LogP contribution in [0.3, 0.4) is 0 Å².